The number of fused-ring (bicyclic) bond motifs is 1. The Balaban J connectivity index is 1.65. The fourth-order valence-electron chi connectivity index (χ4n) is 3.18. The van der Waals surface area contributed by atoms with E-state index in [0.29, 0.717) is 0 Å². The smallest absolute Gasteiger partial charge is 0.335 e. The Bertz CT molecular complexity index is 725. The lowest BCUT2D eigenvalue weighted by Crippen LogP contribution is -2.57. The zero-order valence-electron chi connectivity index (χ0n) is 13.1. The molecule has 9 nitrogen and oxygen atoms in total. The summed E-state index contributed by atoms with van der Waals surface area (Å²) < 4.78 is 19.0. The molecule has 2 fully saturated rings. The molecule has 0 spiro atoms. The molecule has 6 atom stereocenters. The number of aliphatic carboxylic acids is 1. The SMILES string of the molecule is O=C(O)C1OC2C(CC1O)OC(c1ccccc1)OC2n1ccnn1. The highest BCUT2D eigenvalue weighted by atomic mass is 16.7. The number of hydrogen-bond acceptors (Lipinski definition) is 7. The van der Waals surface area contributed by atoms with Gasteiger partial charge in [0.1, 0.15) is 6.10 Å². The van der Waals surface area contributed by atoms with E-state index in [2.05, 4.69) is 10.3 Å². The van der Waals surface area contributed by atoms with Crippen molar-refractivity contribution >= 4 is 5.97 Å². The third-order valence-electron chi connectivity index (χ3n) is 4.35. The molecule has 0 radical (unpaired) electrons. The van der Waals surface area contributed by atoms with Crippen LogP contribution >= 0.6 is 0 Å². The molecule has 2 saturated heterocycles. The summed E-state index contributed by atoms with van der Waals surface area (Å²) in [6, 6.07) is 9.35. The Morgan fingerprint density at radius 3 is 2.68 bits per heavy atom. The van der Waals surface area contributed by atoms with Gasteiger partial charge < -0.3 is 24.4 Å². The fraction of sp³-hybridized carbons (Fsp3) is 0.438. The van der Waals surface area contributed by atoms with Crippen molar-refractivity contribution in [3.8, 4) is 0 Å². The maximum atomic E-state index is 11.3. The summed E-state index contributed by atoms with van der Waals surface area (Å²) in [4.78, 5) is 11.3. The van der Waals surface area contributed by atoms with Crippen LogP contribution in [0.15, 0.2) is 42.7 Å². The third kappa shape index (κ3) is 3.02. The molecule has 2 N–H and O–H groups in total. The molecular formula is C16H17N3O6. The highest BCUT2D eigenvalue weighted by Gasteiger charge is 2.50. The highest BCUT2D eigenvalue weighted by molar-refractivity contribution is 5.73. The number of ether oxygens (including phenoxy) is 3. The molecule has 2 aliphatic heterocycles. The first-order valence-corrected chi connectivity index (χ1v) is 7.91. The Morgan fingerprint density at radius 2 is 2.00 bits per heavy atom. The van der Waals surface area contributed by atoms with E-state index in [4.69, 9.17) is 14.2 Å². The Morgan fingerprint density at radius 1 is 1.20 bits per heavy atom. The summed E-state index contributed by atoms with van der Waals surface area (Å²) in [6.45, 7) is 0. The van der Waals surface area contributed by atoms with Crippen molar-refractivity contribution in [3.05, 3.63) is 48.3 Å². The van der Waals surface area contributed by atoms with Gasteiger partial charge in [0, 0.05) is 18.2 Å². The molecule has 0 saturated carbocycles. The van der Waals surface area contributed by atoms with Gasteiger partial charge in [-0.1, -0.05) is 35.5 Å². The van der Waals surface area contributed by atoms with Crippen LogP contribution in [0.2, 0.25) is 0 Å². The second-order valence-electron chi connectivity index (χ2n) is 5.99. The molecule has 2 aliphatic rings. The average molecular weight is 347 g/mol. The summed E-state index contributed by atoms with van der Waals surface area (Å²) >= 11 is 0. The van der Waals surface area contributed by atoms with Crippen LogP contribution in [-0.2, 0) is 19.0 Å². The van der Waals surface area contributed by atoms with Crippen LogP contribution in [0.4, 0.5) is 0 Å². The minimum atomic E-state index is -1.34. The summed E-state index contributed by atoms with van der Waals surface area (Å²) in [6.07, 6.45) is -1.95. The summed E-state index contributed by atoms with van der Waals surface area (Å²) in [5.41, 5.74) is 0.806. The van der Waals surface area contributed by atoms with Gasteiger partial charge in [0.25, 0.3) is 0 Å². The first kappa shape index (κ1) is 16.2. The molecule has 25 heavy (non-hydrogen) atoms. The maximum absolute atomic E-state index is 11.3. The van der Waals surface area contributed by atoms with E-state index in [0.717, 1.165) is 5.56 Å². The van der Waals surface area contributed by atoms with E-state index in [-0.39, 0.29) is 6.42 Å². The normalized spacial score (nSPS) is 35.1. The lowest BCUT2D eigenvalue weighted by Gasteiger charge is -2.46. The first-order chi connectivity index (χ1) is 12.1. The van der Waals surface area contributed by atoms with Crippen LogP contribution in [0.3, 0.4) is 0 Å². The number of nitrogens with zero attached hydrogens (tertiary/aromatic N) is 3. The number of carbonyl (C=O) groups is 1. The van der Waals surface area contributed by atoms with Crippen molar-refractivity contribution in [2.24, 2.45) is 0 Å². The monoisotopic (exact) mass is 347 g/mol. The van der Waals surface area contributed by atoms with Gasteiger partial charge in [-0.2, -0.15) is 0 Å². The molecule has 132 valence electrons. The third-order valence-corrected chi connectivity index (χ3v) is 4.35. The number of aromatic nitrogens is 3. The van der Waals surface area contributed by atoms with Crippen molar-refractivity contribution in [3.63, 3.8) is 0 Å². The average Bonchev–Trinajstić information content (AvgIpc) is 3.15. The van der Waals surface area contributed by atoms with Gasteiger partial charge in [0.2, 0.25) is 0 Å². The van der Waals surface area contributed by atoms with Crippen LogP contribution in [0, 0.1) is 0 Å². The van der Waals surface area contributed by atoms with Crippen LogP contribution in [-0.4, -0.2) is 55.6 Å². The van der Waals surface area contributed by atoms with Crippen LogP contribution in [0.25, 0.3) is 0 Å². The van der Waals surface area contributed by atoms with Crippen LogP contribution in [0.5, 0.6) is 0 Å². The van der Waals surface area contributed by atoms with Gasteiger partial charge in [-0.25, -0.2) is 9.48 Å². The first-order valence-electron chi connectivity index (χ1n) is 7.91. The molecule has 6 unspecified atom stereocenters. The van der Waals surface area contributed by atoms with Gasteiger partial charge in [0.05, 0.1) is 18.4 Å². The molecular weight excluding hydrogens is 330 g/mol. The lowest BCUT2D eigenvalue weighted by molar-refractivity contribution is -0.345. The molecule has 3 heterocycles. The Kier molecular flexibility index (Phi) is 4.22. The number of hydrogen-bond donors (Lipinski definition) is 2. The van der Waals surface area contributed by atoms with E-state index >= 15 is 0 Å². The molecule has 2 aromatic rings. The van der Waals surface area contributed by atoms with Crippen molar-refractivity contribution < 1.29 is 29.2 Å². The van der Waals surface area contributed by atoms with Gasteiger partial charge in [-0.05, 0) is 0 Å². The van der Waals surface area contributed by atoms with E-state index in [9.17, 15) is 15.0 Å². The predicted molar refractivity (Wildman–Crippen MR) is 81.1 cm³/mol. The highest BCUT2D eigenvalue weighted by Crippen LogP contribution is 2.40. The Labute approximate surface area is 142 Å². The van der Waals surface area contributed by atoms with Gasteiger partial charge >= 0.3 is 5.97 Å². The van der Waals surface area contributed by atoms with Gasteiger partial charge in [-0.3, -0.25) is 0 Å². The van der Waals surface area contributed by atoms with Crippen LogP contribution in [0.1, 0.15) is 24.5 Å². The zero-order chi connectivity index (χ0) is 17.4. The van der Waals surface area contributed by atoms with Crippen LogP contribution < -0.4 is 0 Å². The number of carboxylic acid groups (broad SMARTS) is 1. The van der Waals surface area contributed by atoms with E-state index in [1.165, 1.54) is 10.9 Å². The predicted octanol–water partition coefficient (Wildman–Crippen LogP) is 0.494. The molecule has 1 aromatic heterocycles. The topological polar surface area (TPSA) is 116 Å². The molecule has 0 bridgehead atoms. The van der Waals surface area contributed by atoms with Crippen molar-refractivity contribution in [2.75, 3.05) is 0 Å². The maximum Gasteiger partial charge on any atom is 0.335 e. The molecule has 9 heteroatoms. The van der Waals surface area contributed by atoms with E-state index in [1.807, 2.05) is 30.3 Å². The van der Waals surface area contributed by atoms with Crippen molar-refractivity contribution in [1.82, 2.24) is 15.0 Å². The number of carboxylic acids is 1. The van der Waals surface area contributed by atoms with E-state index < -0.39 is 42.9 Å². The van der Waals surface area contributed by atoms with Crippen molar-refractivity contribution in [1.29, 1.82) is 0 Å². The number of rotatable bonds is 3. The van der Waals surface area contributed by atoms with Gasteiger partial charge in [-0.15, -0.1) is 5.10 Å². The standard InChI is InChI=1S/C16H17N3O6/c20-10-8-11-13(24-12(10)15(21)22)14(19-7-6-17-18-19)25-16(23-11)9-4-2-1-3-5-9/h1-7,10-14,16,20H,8H2,(H,21,22). The second-order valence-corrected chi connectivity index (χ2v) is 5.99. The molecule has 4 rings (SSSR count). The second kappa shape index (κ2) is 6.52. The summed E-state index contributed by atoms with van der Waals surface area (Å²) in [5, 5.41) is 27.1. The number of benzene rings is 1. The number of aliphatic hydroxyl groups excluding tert-OH is 1. The minimum absolute atomic E-state index is 0.125. The molecule has 0 amide bonds. The van der Waals surface area contributed by atoms with E-state index in [1.54, 1.807) is 6.20 Å². The largest absolute Gasteiger partial charge is 0.479 e. The summed E-state index contributed by atoms with van der Waals surface area (Å²) in [5.74, 6) is -1.23. The van der Waals surface area contributed by atoms with Gasteiger partial charge in [0.15, 0.2) is 18.6 Å². The lowest BCUT2D eigenvalue weighted by atomic mass is 9.96. The minimum Gasteiger partial charge on any atom is -0.479 e. The zero-order valence-corrected chi connectivity index (χ0v) is 13.1. The van der Waals surface area contributed by atoms with Crippen molar-refractivity contribution in [2.45, 2.75) is 43.4 Å². The number of aliphatic hydroxyl groups is 1. The fourth-order valence-corrected chi connectivity index (χ4v) is 3.18. The summed E-state index contributed by atoms with van der Waals surface area (Å²) in [7, 11) is 0. The molecule has 0 aliphatic carbocycles. The molecule has 1 aromatic carbocycles. The quantitative estimate of drug-likeness (QED) is 0.824. The Hall–Kier alpha value is -2.33.